The molecule has 1 amide bonds. The fraction of sp³-hybridized carbons (Fsp3) is 0.316. The molecule has 0 unspecified atom stereocenters. The monoisotopic (exact) mass is 335 g/mol. The van der Waals surface area contributed by atoms with E-state index >= 15 is 0 Å². The van der Waals surface area contributed by atoms with Crippen LogP contribution in [0.1, 0.15) is 31.5 Å². The van der Waals surface area contributed by atoms with Gasteiger partial charge in [0.05, 0.1) is 17.8 Å². The van der Waals surface area contributed by atoms with Crippen molar-refractivity contribution in [2.24, 2.45) is 17.8 Å². The highest BCUT2D eigenvalue weighted by atomic mass is 16.2. The van der Waals surface area contributed by atoms with E-state index in [0.29, 0.717) is 0 Å². The quantitative estimate of drug-likeness (QED) is 0.851. The second-order valence-corrected chi connectivity index (χ2v) is 6.37. The minimum Gasteiger partial charge on any atom is -0.369 e. The molecule has 1 aliphatic heterocycles. The molecule has 0 aliphatic carbocycles. The van der Waals surface area contributed by atoms with Crippen molar-refractivity contribution in [2.75, 3.05) is 7.05 Å². The summed E-state index contributed by atoms with van der Waals surface area (Å²) in [5.74, 6) is 6.12. The molecule has 1 aliphatic rings. The first kappa shape index (κ1) is 16.8. The van der Waals surface area contributed by atoms with E-state index in [4.69, 9.17) is 5.73 Å². The summed E-state index contributed by atoms with van der Waals surface area (Å²) < 4.78 is 1.77. The van der Waals surface area contributed by atoms with Crippen LogP contribution in [0.5, 0.6) is 0 Å². The summed E-state index contributed by atoms with van der Waals surface area (Å²) in [5.41, 5.74) is 8.76. The smallest absolute Gasteiger partial charge is 0.231 e. The van der Waals surface area contributed by atoms with E-state index in [1.54, 1.807) is 11.7 Å². The van der Waals surface area contributed by atoms with Gasteiger partial charge in [-0.2, -0.15) is 5.10 Å². The Morgan fingerprint density at radius 3 is 2.72 bits per heavy atom. The summed E-state index contributed by atoms with van der Waals surface area (Å²) in [4.78, 5) is 18.1. The van der Waals surface area contributed by atoms with E-state index in [0.717, 1.165) is 22.5 Å². The van der Waals surface area contributed by atoms with Gasteiger partial charge in [-0.05, 0) is 32.0 Å². The molecule has 2 N–H and O–H groups in total. The van der Waals surface area contributed by atoms with Gasteiger partial charge in [0, 0.05) is 25.2 Å². The van der Waals surface area contributed by atoms with Gasteiger partial charge in [-0.1, -0.05) is 18.1 Å². The number of carbonyl (C=O) groups excluding carboxylic acids is 1. The van der Waals surface area contributed by atoms with Crippen LogP contribution in [-0.2, 0) is 17.4 Å². The zero-order valence-corrected chi connectivity index (χ0v) is 14.9. The van der Waals surface area contributed by atoms with Crippen molar-refractivity contribution < 1.29 is 4.79 Å². The molecule has 2 heterocycles. The molecule has 1 atom stereocenters. The molecule has 1 aromatic carbocycles. The normalized spacial score (nSPS) is 20.1. The highest BCUT2D eigenvalue weighted by molar-refractivity contribution is 5.98. The van der Waals surface area contributed by atoms with Crippen LogP contribution in [0.3, 0.4) is 0 Å². The molecular formula is C19H21N5O. The van der Waals surface area contributed by atoms with Gasteiger partial charge in [-0.3, -0.25) is 14.4 Å². The maximum Gasteiger partial charge on any atom is 0.231 e. The molecule has 2 aromatic rings. The van der Waals surface area contributed by atoms with E-state index < -0.39 is 5.54 Å². The van der Waals surface area contributed by atoms with Gasteiger partial charge >= 0.3 is 0 Å². The minimum absolute atomic E-state index is 0.0574. The molecule has 0 radical (unpaired) electrons. The molecule has 25 heavy (non-hydrogen) atoms. The van der Waals surface area contributed by atoms with Crippen molar-refractivity contribution in [1.29, 1.82) is 0 Å². The standard InChI is InChI=1S/C19H21N5O/c1-5-7-13-8-6-9-14(10-13)15-11-16(24(4)22-15)19(2)12-17(25)23(3)18(20)21-19/h6,8-11H,12H2,1-4H3,(H2,20,21)/t19-/m0/s1. The van der Waals surface area contributed by atoms with Crippen molar-refractivity contribution in [3.8, 4) is 23.1 Å². The summed E-state index contributed by atoms with van der Waals surface area (Å²) in [6.07, 6.45) is 0.254. The number of hydrogen-bond donors (Lipinski definition) is 1. The maximum absolute atomic E-state index is 12.2. The number of carbonyl (C=O) groups is 1. The lowest BCUT2D eigenvalue weighted by Crippen LogP contribution is -2.48. The first-order chi connectivity index (χ1) is 11.8. The van der Waals surface area contributed by atoms with Gasteiger partial charge in [-0.25, -0.2) is 4.99 Å². The van der Waals surface area contributed by atoms with Gasteiger partial charge in [0.2, 0.25) is 5.91 Å². The zero-order chi connectivity index (χ0) is 18.2. The third-order valence-corrected chi connectivity index (χ3v) is 4.43. The second kappa shape index (κ2) is 6.10. The molecule has 0 fully saturated rings. The van der Waals surface area contributed by atoms with Gasteiger partial charge in [0.25, 0.3) is 0 Å². The number of benzene rings is 1. The van der Waals surface area contributed by atoms with Crippen LogP contribution >= 0.6 is 0 Å². The van der Waals surface area contributed by atoms with Crippen molar-refractivity contribution in [3.05, 3.63) is 41.6 Å². The van der Waals surface area contributed by atoms with Crippen LogP contribution in [0.25, 0.3) is 11.3 Å². The first-order valence-corrected chi connectivity index (χ1v) is 8.03. The summed E-state index contributed by atoms with van der Waals surface area (Å²) in [5, 5.41) is 4.61. The Morgan fingerprint density at radius 2 is 2.04 bits per heavy atom. The van der Waals surface area contributed by atoms with Crippen LogP contribution in [0.4, 0.5) is 0 Å². The zero-order valence-electron chi connectivity index (χ0n) is 14.9. The topological polar surface area (TPSA) is 76.5 Å². The second-order valence-electron chi connectivity index (χ2n) is 6.37. The Kier molecular flexibility index (Phi) is 4.09. The van der Waals surface area contributed by atoms with E-state index in [-0.39, 0.29) is 18.3 Å². The molecule has 0 spiro atoms. The number of aryl methyl sites for hydroxylation is 1. The summed E-state index contributed by atoms with van der Waals surface area (Å²) in [6, 6.07) is 9.88. The third kappa shape index (κ3) is 3.01. The average molecular weight is 335 g/mol. The fourth-order valence-corrected chi connectivity index (χ4v) is 3.07. The lowest BCUT2D eigenvalue weighted by molar-refractivity contribution is -0.128. The molecular weight excluding hydrogens is 314 g/mol. The average Bonchev–Trinajstić information content (AvgIpc) is 2.96. The van der Waals surface area contributed by atoms with Gasteiger partial charge in [-0.15, -0.1) is 5.92 Å². The van der Waals surface area contributed by atoms with E-state index in [1.807, 2.05) is 51.2 Å². The highest BCUT2D eigenvalue weighted by Crippen LogP contribution is 2.34. The van der Waals surface area contributed by atoms with Gasteiger partial charge < -0.3 is 5.73 Å². The number of hydrogen-bond acceptors (Lipinski definition) is 4. The maximum atomic E-state index is 12.2. The SMILES string of the molecule is CC#Cc1cccc(-c2cc([C@]3(C)CC(=O)N(C)C(N)=N3)n(C)n2)c1. The van der Waals surface area contributed by atoms with Crippen LogP contribution in [0.2, 0.25) is 0 Å². The van der Waals surface area contributed by atoms with Gasteiger partial charge in [0.15, 0.2) is 5.96 Å². The van der Waals surface area contributed by atoms with Crippen molar-refractivity contribution in [1.82, 2.24) is 14.7 Å². The van der Waals surface area contributed by atoms with E-state index in [9.17, 15) is 4.79 Å². The summed E-state index contributed by atoms with van der Waals surface area (Å²) >= 11 is 0. The number of nitrogens with two attached hydrogens (primary N) is 1. The Morgan fingerprint density at radius 1 is 1.28 bits per heavy atom. The predicted octanol–water partition coefficient (Wildman–Crippen LogP) is 1.85. The van der Waals surface area contributed by atoms with E-state index in [2.05, 4.69) is 21.9 Å². The molecule has 0 saturated heterocycles. The number of aromatic nitrogens is 2. The van der Waals surface area contributed by atoms with Crippen LogP contribution in [0, 0.1) is 11.8 Å². The van der Waals surface area contributed by atoms with Crippen LogP contribution < -0.4 is 5.73 Å². The Balaban J connectivity index is 2.05. The lowest BCUT2D eigenvalue weighted by Gasteiger charge is -2.33. The highest BCUT2D eigenvalue weighted by Gasteiger charge is 2.38. The molecule has 1 aromatic heterocycles. The summed E-state index contributed by atoms with van der Waals surface area (Å²) in [7, 11) is 3.49. The largest absolute Gasteiger partial charge is 0.369 e. The first-order valence-electron chi connectivity index (χ1n) is 8.03. The molecule has 3 rings (SSSR count). The lowest BCUT2D eigenvalue weighted by atomic mass is 9.91. The Labute approximate surface area is 147 Å². The Hall–Kier alpha value is -3.07. The van der Waals surface area contributed by atoms with Crippen LogP contribution in [-0.4, -0.2) is 33.6 Å². The van der Waals surface area contributed by atoms with E-state index in [1.165, 1.54) is 4.90 Å². The van der Waals surface area contributed by atoms with Crippen LogP contribution in [0.15, 0.2) is 35.3 Å². The molecule has 0 saturated carbocycles. The minimum atomic E-state index is -0.728. The third-order valence-electron chi connectivity index (χ3n) is 4.43. The van der Waals surface area contributed by atoms with Crippen molar-refractivity contribution >= 4 is 11.9 Å². The predicted molar refractivity (Wildman–Crippen MR) is 97.6 cm³/mol. The summed E-state index contributed by atoms with van der Waals surface area (Å²) in [6.45, 7) is 3.72. The molecule has 0 bridgehead atoms. The Bertz CT molecular complexity index is 931. The number of rotatable bonds is 2. The van der Waals surface area contributed by atoms with Crippen molar-refractivity contribution in [2.45, 2.75) is 25.8 Å². The molecule has 128 valence electrons. The number of guanidine groups is 1. The van der Waals surface area contributed by atoms with Gasteiger partial charge in [0.1, 0.15) is 5.54 Å². The fourth-order valence-electron chi connectivity index (χ4n) is 3.07. The van der Waals surface area contributed by atoms with Crippen molar-refractivity contribution in [3.63, 3.8) is 0 Å². The molecule has 6 heteroatoms. The number of amides is 1. The number of aliphatic imine (C=N–C) groups is 1. The number of nitrogens with zero attached hydrogens (tertiary/aromatic N) is 4. The molecule has 6 nitrogen and oxygen atoms in total.